The smallest absolute Gasteiger partial charge is 0.144 e. The monoisotopic (exact) mass is 319 g/mol. The number of hydrogen-bond acceptors (Lipinski definition) is 4. The first-order valence-corrected chi connectivity index (χ1v) is 7.00. The van der Waals surface area contributed by atoms with Crippen molar-refractivity contribution in [2.75, 3.05) is 5.73 Å². The second kappa shape index (κ2) is 5.89. The number of pyridine rings is 1. The van der Waals surface area contributed by atoms with Gasteiger partial charge in [0.05, 0.1) is 0 Å². The summed E-state index contributed by atoms with van der Waals surface area (Å²) in [5.74, 6) is 0.683. The quantitative estimate of drug-likeness (QED) is 0.693. The summed E-state index contributed by atoms with van der Waals surface area (Å²) in [5, 5.41) is 8.95. The lowest BCUT2D eigenvalue weighted by molar-refractivity contribution is 1.19. The van der Waals surface area contributed by atoms with Gasteiger partial charge < -0.3 is 5.73 Å². The summed E-state index contributed by atoms with van der Waals surface area (Å²) in [7, 11) is 0. The number of nitrogen functional groups attached to an aromatic ring is 1. The molecular formula is C13H10BrN3S. The van der Waals surface area contributed by atoms with E-state index >= 15 is 0 Å². The van der Waals surface area contributed by atoms with Gasteiger partial charge in [-0.05, 0) is 29.8 Å². The molecule has 0 radical (unpaired) electrons. The van der Waals surface area contributed by atoms with Crippen LogP contribution in [-0.4, -0.2) is 4.98 Å². The molecule has 0 aliphatic rings. The second-order valence-corrected chi connectivity index (χ2v) is 5.53. The lowest BCUT2D eigenvalue weighted by atomic mass is 10.2. The lowest BCUT2D eigenvalue weighted by Crippen LogP contribution is -1.92. The van der Waals surface area contributed by atoms with Gasteiger partial charge in [-0.1, -0.05) is 22.0 Å². The molecule has 0 saturated carbocycles. The molecule has 0 saturated heterocycles. The fourth-order valence-corrected chi connectivity index (χ4v) is 2.77. The number of nitrogens with zero attached hydrogens (tertiary/aromatic N) is 2. The van der Waals surface area contributed by atoms with Gasteiger partial charge in [0.1, 0.15) is 11.8 Å². The zero-order valence-corrected chi connectivity index (χ0v) is 11.8. The molecule has 90 valence electrons. The van der Waals surface area contributed by atoms with E-state index in [9.17, 15) is 0 Å². The van der Waals surface area contributed by atoms with Crippen LogP contribution in [-0.2, 0) is 5.75 Å². The van der Waals surface area contributed by atoms with Gasteiger partial charge in [0.2, 0.25) is 0 Å². The first-order chi connectivity index (χ1) is 8.70. The van der Waals surface area contributed by atoms with Crippen LogP contribution >= 0.6 is 27.7 Å². The molecular weight excluding hydrogens is 310 g/mol. The minimum atomic E-state index is 0.473. The minimum Gasteiger partial charge on any atom is -0.398 e. The summed E-state index contributed by atoms with van der Waals surface area (Å²) in [5.41, 5.74) is 8.05. The van der Waals surface area contributed by atoms with E-state index in [1.165, 1.54) is 0 Å². The number of aromatic nitrogens is 1. The van der Waals surface area contributed by atoms with Crippen molar-refractivity contribution in [3.05, 3.63) is 52.3 Å². The Morgan fingerprint density at radius 1 is 1.39 bits per heavy atom. The predicted octanol–water partition coefficient (Wildman–Crippen LogP) is 3.59. The van der Waals surface area contributed by atoms with Gasteiger partial charge in [0, 0.05) is 27.0 Å². The molecule has 0 aliphatic heterocycles. The Balaban J connectivity index is 2.14. The zero-order chi connectivity index (χ0) is 13.0. The number of rotatable bonds is 3. The number of nitrogens with two attached hydrogens (primary N) is 1. The van der Waals surface area contributed by atoms with Crippen LogP contribution in [0.4, 0.5) is 5.69 Å². The lowest BCUT2D eigenvalue weighted by Gasteiger charge is -2.06. The number of anilines is 1. The standard InChI is InChI=1S/C13H10BrN3S/c14-10-3-4-13(11(16)6-10)18-8-9-2-1-5-17-12(9)7-15/h1-6H,8,16H2. The Bertz CT molecular complexity index is 607. The molecule has 0 spiro atoms. The van der Waals surface area contributed by atoms with Crippen LogP contribution in [0.5, 0.6) is 0 Å². The van der Waals surface area contributed by atoms with Gasteiger partial charge in [0.15, 0.2) is 0 Å². The van der Waals surface area contributed by atoms with E-state index in [1.54, 1.807) is 18.0 Å². The van der Waals surface area contributed by atoms with Crippen molar-refractivity contribution in [2.24, 2.45) is 0 Å². The minimum absolute atomic E-state index is 0.473. The van der Waals surface area contributed by atoms with E-state index in [4.69, 9.17) is 11.0 Å². The molecule has 0 aliphatic carbocycles. The van der Waals surface area contributed by atoms with Crippen molar-refractivity contribution in [1.82, 2.24) is 4.98 Å². The number of thioether (sulfide) groups is 1. The molecule has 2 rings (SSSR count). The Labute approximate surface area is 118 Å². The maximum absolute atomic E-state index is 8.95. The summed E-state index contributed by atoms with van der Waals surface area (Å²) < 4.78 is 0.962. The Hall–Kier alpha value is -1.51. The summed E-state index contributed by atoms with van der Waals surface area (Å²) in [6.45, 7) is 0. The van der Waals surface area contributed by atoms with Crippen molar-refractivity contribution < 1.29 is 0 Å². The van der Waals surface area contributed by atoms with E-state index in [2.05, 4.69) is 27.0 Å². The van der Waals surface area contributed by atoms with Crippen LogP contribution in [0.25, 0.3) is 0 Å². The summed E-state index contributed by atoms with van der Waals surface area (Å²) in [6, 6.07) is 11.6. The van der Waals surface area contributed by atoms with E-state index < -0.39 is 0 Å². The first-order valence-electron chi connectivity index (χ1n) is 5.22. The highest BCUT2D eigenvalue weighted by atomic mass is 79.9. The van der Waals surface area contributed by atoms with Gasteiger partial charge >= 0.3 is 0 Å². The Kier molecular flexibility index (Phi) is 4.24. The van der Waals surface area contributed by atoms with E-state index in [1.807, 2.05) is 30.3 Å². The molecule has 0 amide bonds. The highest BCUT2D eigenvalue weighted by molar-refractivity contribution is 9.10. The van der Waals surface area contributed by atoms with Crippen LogP contribution < -0.4 is 5.73 Å². The normalized spacial score (nSPS) is 10.0. The molecule has 0 unspecified atom stereocenters. The van der Waals surface area contributed by atoms with Gasteiger partial charge in [-0.25, -0.2) is 4.98 Å². The van der Waals surface area contributed by atoms with Crippen LogP contribution in [0.3, 0.4) is 0 Å². The van der Waals surface area contributed by atoms with Crippen molar-refractivity contribution in [3.63, 3.8) is 0 Å². The van der Waals surface area contributed by atoms with Crippen molar-refractivity contribution >= 4 is 33.4 Å². The summed E-state index contributed by atoms with van der Waals surface area (Å²) in [4.78, 5) is 5.04. The van der Waals surface area contributed by atoms with Crippen molar-refractivity contribution in [2.45, 2.75) is 10.6 Å². The van der Waals surface area contributed by atoms with E-state index in [0.717, 1.165) is 20.6 Å². The van der Waals surface area contributed by atoms with E-state index in [0.29, 0.717) is 11.4 Å². The Morgan fingerprint density at radius 3 is 2.94 bits per heavy atom. The van der Waals surface area contributed by atoms with Crippen molar-refractivity contribution in [1.29, 1.82) is 5.26 Å². The van der Waals surface area contributed by atoms with Gasteiger partial charge in [-0.15, -0.1) is 11.8 Å². The fraction of sp³-hybridized carbons (Fsp3) is 0.0769. The second-order valence-electron chi connectivity index (χ2n) is 3.59. The molecule has 1 aromatic heterocycles. The SMILES string of the molecule is N#Cc1ncccc1CSc1ccc(Br)cc1N. The number of halogens is 1. The molecule has 3 nitrogen and oxygen atoms in total. The Morgan fingerprint density at radius 2 is 2.22 bits per heavy atom. The average Bonchev–Trinajstić information content (AvgIpc) is 2.38. The largest absolute Gasteiger partial charge is 0.398 e. The molecule has 0 atom stereocenters. The zero-order valence-electron chi connectivity index (χ0n) is 9.43. The molecule has 1 aromatic carbocycles. The van der Waals surface area contributed by atoms with Crippen molar-refractivity contribution in [3.8, 4) is 6.07 Å². The van der Waals surface area contributed by atoms with Crippen LogP contribution in [0.15, 0.2) is 45.9 Å². The van der Waals surface area contributed by atoms with Gasteiger partial charge in [-0.2, -0.15) is 5.26 Å². The fourth-order valence-electron chi connectivity index (χ4n) is 1.46. The third kappa shape index (κ3) is 3.03. The van der Waals surface area contributed by atoms with E-state index in [-0.39, 0.29) is 0 Å². The van der Waals surface area contributed by atoms with Gasteiger partial charge in [0.25, 0.3) is 0 Å². The number of benzene rings is 1. The third-order valence-electron chi connectivity index (χ3n) is 2.35. The molecule has 18 heavy (non-hydrogen) atoms. The molecule has 1 heterocycles. The molecule has 2 N–H and O–H groups in total. The molecule has 5 heteroatoms. The summed E-state index contributed by atoms with van der Waals surface area (Å²) >= 11 is 4.97. The highest BCUT2D eigenvalue weighted by Gasteiger charge is 2.05. The average molecular weight is 320 g/mol. The molecule has 0 bridgehead atoms. The topological polar surface area (TPSA) is 62.7 Å². The van der Waals surface area contributed by atoms with Crippen LogP contribution in [0.1, 0.15) is 11.3 Å². The number of nitriles is 1. The first kappa shape index (κ1) is 12.9. The van der Waals surface area contributed by atoms with Gasteiger partial charge in [-0.3, -0.25) is 0 Å². The maximum atomic E-state index is 8.95. The highest BCUT2D eigenvalue weighted by Crippen LogP contribution is 2.30. The maximum Gasteiger partial charge on any atom is 0.144 e. The third-order valence-corrected chi connectivity index (χ3v) is 3.98. The molecule has 0 fully saturated rings. The van der Waals surface area contributed by atoms with Crippen LogP contribution in [0, 0.1) is 11.3 Å². The van der Waals surface area contributed by atoms with Crippen LogP contribution in [0.2, 0.25) is 0 Å². The summed E-state index contributed by atoms with van der Waals surface area (Å²) in [6.07, 6.45) is 1.63. The predicted molar refractivity (Wildman–Crippen MR) is 77.1 cm³/mol. The number of hydrogen-bond donors (Lipinski definition) is 1. The molecule has 2 aromatic rings.